The lowest BCUT2D eigenvalue weighted by molar-refractivity contribution is -0.385. The van der Waals surface area contributed by atoms with Crippen LogP contribution >= 0.6 is 15.9 Å². The van der Waals surface area contributed by atoms with Crippen LogP contribution in [0.15, 0.2) is 64.2 Å². The quantitative estimate of drug-likeness (QED) is 0.339. The van der Waals surface area contributed by atoms with Crippen LogP contribution in [0.25, 0.3) is 0 Å². The molecule has 9 heteroatoms. The third-order valence-electron chi connectivity index (χ3n) is 3.91. The highest BCUT2D eigenvalue weighted by Crippen LogP contribution is 2.33. The summed E-state index contributed by atoms with van der Waals surface area (Å²) >= 11 is 3.40. The molecule has 0 saturated carbocycles. The zero-order chi connectivity index (χ0) is 20.1. The van der Waals surface area contributed by atoms with Crippen LogP contribution in [0.5, 0.6) is 0 Å². The molecule has 0 saturated heterocycles. The first-order valence-corrected chi connectivity index (χ1v) is 9.11. The average molecular weight is 441 g/mol. The largest absolute Gasteiger partial charge is 0.333 e. The molecule has 0 aliphatic rings. The lowest BCUT2D eigenvalue weighted by atomic mass is 10.2. The van der Waals surface area contributed by atoms with Crippen molar-refractivity contribution >= 4 is 45.3 Å². The third kappa shape index (κ3) is 4.49. The average Bonchev–Trinajstić information content (AvgIpc) is 2.67. The number of benzene rings is 2. The first kappa shape index (κ1) is 19.4. The number of nitrogens with one attached hydrogen (secondary N) is 1. The molecule has 0 bridgehead atoms. The molecule has 1 heterocycles. The molecule has 0 aliphatic carbocycles. The molecule has 3 rings (SSSR count). The van der Waals surface area contributed by atoms with E-state index in [4.69, 9.17) is 0 Å². The number of aryl methyl sites for hydroxylation is 1. The molecule has 0 atom stereocenters. The zero-order valence-corrected chi connectivity index (χ0v) is 16.8. The monoisotopic (exact) mass is 440 g/mol. The van der Waals surface area contributed by atoms with Crippen LogP contribution in [0.2, 0.25) is 0 Å². The topological polar surface area (TPSA) is 96.6 Å². The molecule has 0 unspecified atom stereocenters. The number of anilines is 3. The number of hydrogen-bond donors (Lipinski definition) is 1. The van der Waals surface area contributed by atoms with Gasteiger partial charge in [-0.25, -0.2) is 10.4 Å². The predicted molar refractivity (Wildman–Crippen MR) is 113 cm³/mol. The van der Waals surface area contributed by atoms with E-state index in [1.165, 1.54) is 0 Å². The number of nitro groups is 1. The first-order valence-electron chi connectivity index (χ1n) is 8.32. The van der Waals surface area contributed by atoms with Gasteiger partial charge >= 0.3 is 5.69 Å². The van der Waals surface area contributed by atoms with Crippen molar-refractivity contribution in [3.63, 3.8) is 0 Å². The Balaban J connectivity index is 1.93. The van der Waals surface area contributed by atoms with Crippen molar-refractivity contribution in [1.29, 1.82) is 0 Å². The van der Waals surface area contributed by atoms with Gasteiger partial charge in [-0.1, -0.05) is 46.3 Å². The Morgan fingerprint density at radius 2 is 1.93 bits per heavy atom. The first-order chi connectivity index (χ1) is 13.5. The minimum atomic E-state index is -0.474. The highest BCUT2D eigenvalue weighted by atomic mass is 79.9. The summed E-state index contributed by atoms with van der Waals surface area (Å²) in [5.41, 5.74) is 4.50. The summed E-state index contributed by atoms with van der Waals surface area (Å²) in [6.45, 7) is 1.57. The van der Waals surface area contributed by atoms with Crippen LogP contribution in [0.4, 0.5) is 23.1 Å². The number of hydrazone groups is 1. The van der Waals surface area contributed by atoms with Crippen LogP contribution in [-0.4, -0.2) is 28.2 Å². The normalized spacial score (nSPS) is 10.8. The molecule has 1 N–H and O–H groups in total. The Morgan fingerprint density at radius 1 is 1.18 bits per heavy atom. The van der Waals surface area contributed by atoms with Crippen molar-refractivity contribution < 1.29 is 4.92 Å². The fourth-order valence-electron chi connectivity index (χ4n) is 2.57. The highest BCUT2D eigenvalue weighted by molar-refractivity contribution is 9.10. The Bertz CT molecular complexity index is 1030. The molecular weight excluding hydrogens is 424 g/mol. The van der Waals surface area contributed by atoms with E-state index in [9.17, 15) is 10.1 Å². The van der Waals surface area contributed by atoms with Crippen molar-refractivity contribution in [2.75, 3.05) is 17.4 Å². The minimum Gasteiger partial charge on any atom is -0.324 e. The molecular formula is C19H17BrN6O2. The lowest BCUT2D eigenvalue weighted by Crippen LogP contribution is -2.16. The highest BCUT2D eigenvalue weighted by Gasteiger charge is 2.25. The van der Waals surface area contributed by atoms with Crippen molar-refractivity contribution in [2.45, 2.75) is 6.92 Å². The molecule has 0 aliphatic heterocycles. The summed E-state index contributed by atoms with van der Waals surface area (Å²) in [7, 11) is 1.72. The molecule has 0 spiro atoms. The van der Waals surface area contributed by atoms with Crippen LogP contribution in [0, 0.1) is 17.0 Å². The van der Waals surface area contributed by atoms with Crippen molar-refractivity contribution in [3.8, 4) is 0 Å². The Kier molecular flexibility index (Phi) is 5.95. The number of rotatable bonds is 6. The maximum absolute atomic E-state index is 11.6. The molecule has 0 amide bonds. The molecule has 0 fully saturated rings. The lowest BCUT2D eigenvalue weighted by Gasteiger charge is -2.19. The Morgan fingerprint density at radius 3 is 2.61 bits per heavy atom. The molecule has 8 nitrogen and oxygen atoms in total. The van der Waals surface area contributed by atoms with Crippen LogP contribution < -0.4 is 10.3 Å². The fraction of sp³-hybridized carbons (Fsp3) is 0.105. The minimum absolute atomic E-state index is 0.145. The van der Waals surface area contributed by atoms with E-state index in [1.54, 1.807) is 25.1 Å². The van der Waals surface area contributed by atoms with Gasteiger partial charge in [-0.15, -0.1) is 0 Å². The summed E-state index contributed by atoms with van der Waals surface area (Å²) in [6.07, 6.45) is 1.62. The van der Waals surface area contributed by atoms with Crippen LogP contribution in [0.3, 0.4) is 0 Å². The smallest absolute Gasteiger partial charge is 0.324 e. The van der Waals surface area contributed by atoms with Gasteiger partial charge in [-0.2, -0.15) is 10.1 Å². The van der Waals surface area contributed by atoms with Gasteiger partial charge in [0.05, 0.1) is 11.1 Å². The molecule has 142 valence electrons. The number of hydrogen-bond acceptors (Lipinski definition) is 7. The summed E-state index contributed by atoms with van der Waals surface area (Å²) in [4.78, 5) is 21.2. The molecule has 3 aromatic rings. The van der Waals surface area contributed by atoms with E-state index in [1.807, 2.05) is 54.6 Å². The summed E-state index contributed by atoms with van der Waals surface area (Å²) < 4.78 is 0.936. The summed E-state index contributed by atoms with van der Waals surface area (Å²) in [5.74, 6) is 0.357. The Hall–Kier alpha value is -3.33. The number of aromatic nitrogens is 2. The van der Waals surface area contributed by atoms with Gasteiger partial charge in [0.15, 0.2) is 0 Å². The number of nitrogens with zero attached hydrogens (tertiary/aromatic N) is 5. The molecule has 2 aromatic carbocycles. The molecule has 1 aromatic heterocycles. The number of para-hydroxylation sites is 1. The maximum Gasteiger partial charge on any atom is 0.333 e. The second-order valence-electron chi connectivity index (χ2n) is 5.88. The van der Waals surface area contributed by atoms with Gasteiger partial charge in [0.1, 0.15) is 5.69 Å². The fourth-order valence-corrected chi connectivity index (χ4v) is 2.99. The summed E-state index contributed by atoms with van der Waals surface area (Å²) in [6, 6.07) is 16.9. The maximum atomic E-state index is 11.6. The van der Waals surface area contributed by atoms with E-state index in [-0.39, 0.29) is 23.1 Å². The standard InChI is InChI=1S/C19H17BrN6O2/c1-13-17(26(27)28)18(25(2)16-9-4-3-5-10-16)23-19(22-13)24-21-12-14-7-6-8-15(20)11-14/h3-12H,1-2H3,(H,22,23,24)/b21-12-. The molecule has 28 heavy (non-hydrogen) atoms. The van der Waals surface area contributed by atoms with Crippen LogP contribution in [0.1, 0.15) is 11.3 Å². The second-order valence-corrected chi connectivity index (χ2v) is 6.80. The zero-order valence-electron chi connectivity index (χ0n) is 15.2. The van der Waals surface area contributed by atoms with Crippen LogP contribution in [-0.2, 0) is 0 Å². The van der Waals surface area contributed by atoms with Gasteiger partial charge in [0, 0.05) is 17.2 Å². The van der Waals surface area contributed by atoms with Gasteiger partial charge in [0.2, 0.25) is 11.8 Å². The van der Waals surface area contributed by atoms with E-state index >= 15 is 0 Å². The van der Waals surface area contributed by atoms with Crippen molar-refractivity contribution in [3.05, 3.63) is 80.4 Å². The van der Waals surface area contributed by atoms with E-state index in [2.05, 4.69) is 36.4 Å². The van der Waals surface area contributed by atoms with Gasteiger partial charge in [0.25, 0.3) is 0 Å². The van der Waals surface area contributed by atoms with E-state index < -0.39 is 4.92 Å². The van der Waals surface area contributed by atoms with E-state index in [0.29, 0.717) is 0 Å². The molecule has 0 radical (unpaired) electrons. The summed E-state index contributed by atoms with van der Waals surface area (Å²) in [5, 5.41) is 15.7. The van der Waals surface area contributed by atoms with Gasteiger partial charge in [-0.3, -0.25) is 10.1 Å². The second kappa shape index (κ2) is 8.57. The van der Waals surface area contributed by atoms with Crippen molar-refractivity contribution in [2.24, 2.45) is 5.10 Å². The van der Waals surface area contributed by atoms with Gasteiger partial charge in [-0.05, 0) is 36.8 Å². The van der Waals surface area contributed by atoms with E-state index in [0.717, 1.165) is 15.7 Å². The van der Waals surface area contributed by atoms with Gasteiger partial charge < -0.3 is 4.90 Å². The third-order valence-corrected chi connectivity index (χ3v) is 4.40. The van der Waals surface area contributed by atoms with Crippen molar-refractivity contribution in [1.82, 2.24) is 9.97 Å². The SMILES string of the molecule is Cc1nc(N/N=C\c2cccc(Br)c2)nc(N(C)c2ccccc2)c1[N+](=O)[O-]. The predicted octanol–water partition coefficient (Wildman–Crippen LogP) is 4.67. The Labute approximate surface area is 170 Å². The number of halogens is 1.